The van der Waals surface area contributed by atoms with E-state index < -0.39 is 0 Å². The molecule has 1 aromatic rings. The number of hydrogen-bond acceptors (Lipinski definition) is 3. The number of anilines is 1. The molecule has 4 nitrogen and oxygen atoms in total. The third-order valence-corrected chi connectivity index (χ3v) is 4.62. The fourth-order valence-electron chi connectivity index (χ4n) is 2.90. The first-order valence-corrected chi connectivity index (χ1v) is 6.71. The minimum atomic E-state index is -0.231. The van der Waals surface area contributed by atoms with E-state index in [1.807, 2.05) is 0 Å². The second-order valence-corrected chi connectivity index (χ2v) is 5.98. The van der Waals surface area contributed by atoms with E-state index in [-0.39, 0.29) is 17.2 Å². The van der Waals surface area contributed by atoms with Gasteiger partial charge in [0.25, 0.3) is 11.8 Å². The molecule has 2 amide bonds. The molecule has 1 aliphatic heterocycles. The Labute approximate surface area is 112 Å². The first kappa shape index (κ1) is 12.2. The number of nitrogens with two attached hydrogens (primary N) is 1. The van der Waals surface area contributed by atoms with Gasteiger partial charge in [-0.15, -0.1) is 0 Å². The zero-order valence-corrected chi connectivity index (χ0v) is 11.3. The van der Waals surface area contributed by atoms with Crippen molar-refractivity contribution in [1.82, 2.24) is 4.90 Å². The van der Waals surface area contributed by atoms with Crippen LogP contribution in [0.4, 0.5) is 5.69 Å². The standard InChI is InChI=1S/C15H18N2O2/c1-9(2)15(6-7-15)8-17-13(18)10-4-3-5-11(16)12(10)14(17)19/h3-5,9H,6-8,16H2,1-2H3. The Balaban J connectivity index is 1.93. The molecule has 1 aromatic carbocycles. The first-order chi connectivity index (χ1) is 8.96. The molecule has 3 rings (SSSR count). The normalized spacial score (nSPS) is 20.1. The number of carbonyl (C=O) groups excluding carboxylic acids is 2. The van der Waals surface area contributed by atoms with E-state index >= 15 is 0 Å². The number of rotatable bonds is 3. The topological polar surface area (TPSA) is 63.4 Å². The maximum atomic E-state index is 12.4. The summed E-state index contributed by atoms with van der Waals surface area (Å²) in [6, 6.07) is 5.07. The van der Waals surface area contributed by atoms with E-state index in [1.165, 1.54) is 4.90 Å². The van der Waals surface area contributed by atoms with Gasteiger partial charge in [-0.05, 0) is 36.3 Å². The second kappa shape index (κ2) is 3.83. The van der Waals surface area contributed by atoms with Crippen LogP contribution in [0.5, 0.6) is 0 Å². The number of fused-ring (bicyclic) bond motifs is 1. The smallest absolute Gasteiger partial charge is 0.263 e. The number of benzene rings is 1. The van der Waals surface area contributed by atoms with Gasteiger partial charge in [-0.1, -0.05) is 19.9 Å². The Bertz CT molecular complexity index is 574. The van der Waals surface area contributed by atoms with Gasteiger partial charge in [0.05, 0.1) is 11.1 Å². The summed E-state index contributed by atoms with van der Waals surface area (Å²) in [5.41, 5.74) is 7.18. The van der Waals surface area contributed by atoms with Crippen LogP contribution in [0.1, 0.15) is 47.4 Å². The van der Waals surface area contributed by atoms with Crippen molar-refractivity contribution in [2.24, 2.45) is 11.3 Å². The molecule has 0 radical (unpaired) electrons. The van der Waals surface area contributed by atoms with Crippen LogP contribution in [-0.2, 0) is 0 Å². The molecule has 2 N–H and O–H groups in total. The van der Waals surface area contributed by atoms with Gasteiger partial charge in [-0.2, -0.15) is 0 Å². The lowest BCUT2D eigenvalue weighted by molar-refractivity contribution is 0.0602. The van der Waals surface area contributed by atoms with Crippen molar-refractivity contribution in [3.8, 4) is 0 Å². The van der Waals surface area contributed by atoms with Crippen LogP contribution in [-0.4, -0.2) is 23.3 Å². The van der Waals surface area contributed by atoms with Crippen molar-refractivity contribution < 1.29 is 9.59 Å². The Morgan fingerprint density at radius 2 is 1.95 bits per heavy atom. The summed E-state index contributed by atoms with van der Waals surface area (Å²) in [6.45, 7) is 4.83. The quantitative estimate of drug-likeness (QED) is 0.668. The molecule has 1 saturated carbocycles. The molecule has 2 aliphatic rings. The summed E-state index contributed by atoms with van der Waals surface area (Å²) in [6.07, 6.45) is 2.18. The minimum absolute atomic E-state index is 0.127. The Morgan fingerprint density at radius 1 is 1.26 bits per heavy atom. The van der Waals surface area contributed by atoms with Crippen molar-refractivity contribution in [1.29, 1.82) is 0 Å². The number of nitrogens with zero attached hydrogens (tertiary/aromatic N) is 1. The molecular weight excluding hydrogens is 240 g/mol. The highest BCUT2D eigenvalue weighted by Crippen LogP contribution is 2.53. The molecule has 4 heteroatoms. The van der Waals surface area contributed by atoms with Gasteiger partial charge < -0.3 is 5.73 Å². The lowest BCUT2D eigenvalue weighted by Crippen LogP contribution is -2.37. The van der Waals surface area contributed by atoms with Gasteiger partial charge in [0, 0.05) is 12.2 Å². The summed E-state index contributed by atoms with van der Waals surface area (Å²) in [7, 11) is 0. The van der Waals surface area contributed by atoms with Crippen LogP contribution in [0, 0.1) is 11.3 Å². The van der Waals surface area contributed by atoms with E-state index in [1.54, 1.807) is 18.2 Å². The summed E-state index contributed by atoms with van der Waals surface area (Å²) in [4.78, 5) is 26.1. The van der Waals surface area contributed by atoms with Crippen molar-refractivity contribution in [2.75, 3.05) is 12.3 Å². The fourth-order valence-corrected chi connectivity index (χ4v) is 2.90. The minimum Gasteiger partial charge on any atom is -0.398 e. The monoisotopic (exact) mass is 258 g/mol. The van der Waals surface area contributed by atoms with Gasteiger partial charge in [-0.3, -0.25) is 14.5 Å². The summed E-state index contributed by atoms with van der Waals surface area (Å²) in [5, 5.41) is 0. The largest absolute Gasteiger partial charge is 0.398 e. The fraction of sp³-hybridized carbons (Fsp3) is 0.467. The number of carbonyl (C=O) groups is 2. The van der Waals surface area contributed by atoms with Crippen molar-refractivity contribution in [3.63, 3.8) is 0 Å². The van der Waals surface area contributed by atoms with Crippen LogP contribution in [0.25, 0.3) is 0 Å². The number of hydrogen-bond donors (Lipinski definition) is 1. The maximum absolute atomic E-state index is 12.4. The molecule has 0 unspecified atom stereocenters. The van der Waals surface area contributed by atoms with Gasteiger partial charge in [-0.25, -0.2) is 0 Å². The average Bonchev–Trinajstić information content (AvgIpc) is 3.10. The maximum Gasteiger partial charge on any atom is 0.263 e. The molecule has 100 valence electrons. The van der Waals surface area contributed by atoms with E-state index in [0.29, 0.717) is 29.3 Å². The number of nitrogen functional groups attached to an aromatic ring is 1. The zero-order chi connectivity index (χ0) is 13.8. The molecule has 0 spiro atoms. The summed E-state index contributed by atoms with van der Waals surface area (Å²) < 4.78 is 0. The molecule has 0 saturated heterocycles. The Hall–Kier alpha value is -1.84. The van der Waals surface area contributed by atoms with Crippen molar-refractivity contribution in [2.45, 2.75) is 26.7 Å². The van der Waals surface area contributed by atoms with Gasteiger partial charge in [0.2, 0.25) is 0 Å². The zero-order valence-electron chi connectivity index (χ0n) is 11.3. The van der Waals surface area contributed by atoms with Crippen LogP contribution >= 0.6 is 0 Å². The predicted molar refractivity (Wildman–Crippen MR) is 72.7 cm³/mol. The highest BCUT2D eigenvalue weighted by molar-refractivity contribution is 6.23. The van der Waals surface area contributed by atoms with Crippen LogP contribution < -0.4 is 5.73 Å². The molecule has 19 heavy (non-hydrogen) atoms. The molecule has 0 atom stereocenters. The summed E-state index contributed by atoms with van der Waals surface area (Å²) in [5.74, 6) is 0.0541. The highest BCUT2D eigenvalue weighted by Gasteiger charge is 2.50. The van der Waals surface area contributed by atoms with Gasteiger partial charge in [0.1, 0.15) is 0 Å². The molecule has 1 heterocycles. The van der Waals surface area contributed by atoms with Gasteiger partial charge in [0.15, 0.2) is 0 Å². The molecule has 1 aliphatic carbocycles. The number of amides is 2. The lowest BCUT2D eigenvalue weighted by Gasteiger charge is -2.25. The Morgan fingerprint density at radius 3 is 2.47 bits per heavy atom. The van der Waals surface area contributed by atoms with E-state index in [4.69, 9.17) is 5.73 Å². The third-order valence-electron chi connectivity index (χ3n) is 4.62. The molecule has 1 fully saturated rings. The van der Waals surface area contributed by atoms with Crippen LogP contribution in [0.2, 0.25) is 0 Å². The van der Waals surface area contributed by atoms with E-state index in [9.17, 15) is 9.59 Å². The van der Waals surface area contributed by atoms with E-state index in [0.717, 1.165) is 12.8 Å². The number of imide groups is 1. The van der Waals surface area contributed by atoms with E-state index in [2.05, 4.69) is 13.8 Å². The van der Waals surface area contributed by atoms with Crippen molar-refractivity contribution in [3.05, 3.63) is 29.3 Å². The van der Waals surface area contributed by atoms with Crippen LogP contribution in [0.3, 0.4) is 0 Å². The highest BCUT2D eigenvalue weighted by atomic mass is 16.2. The Kier molecular flexibility index (Phi) is 2.46. The molecular formula is C15H18N2O2. The summed E-state index contributed by atoms with van der Waals surface area (Å²) >= 11 is 0. The van der Waals surface area contributed by atoms with Crippen LogP contribution in [0.15, 0.2) is 18.2 Å². The SMILES string of the molecule is CC(C)C1(CN2C(=O)c3cccc(N)c3C2=O)CC1. The van der Waals surface area contributed by atoms with Crippen molar-refractivity contribution >= 4 is 17.5 Å². The van der Waals surface area contributed by atoms with Gasteiger partial charge >= 0.3 is 0 Å². The molecule has 0 aromatic heterocycles. The lowest BCUT2D eigenvalue weighted by atomic mass is 9.92. The average molecular weight is 258 g/mol. The second-order valence-electron chi connectivity index (χ2n) is 5.98. The molecule has 0 bridgehead atoms. The third kappa shape index (κ3) is 1.66. The predicted octanol–water partition coefficient (Wildman–Crippen LogP) is 2.30. The first-order valence-electron chi connectivity index (χ1n) is 6.71.